The van der Waals surface area contributed by atoms with E-state index < -0.39 is 0 Å². The Morgan fingerprint density at radius 3 is 2.24 bits per heavy atom. The first kappa shape index (κ1) is 17.9. The molecule has 6 heteroatoms. The molecule has 21 heavy (non-hydrogen) atoms. The Bertz CT molecular complexity index is 438. The van der Waals surface area contributed by atoms with Crippen LogP contribution >= 0.6 is 23.2 Å². The van der Waals surface area contributed by atoms with E-state index in [4.69, 9.17) is 37.4 Å². The first-order valence-electron chi connectivity index (χ1n) is 6.91. The van der Waals surface area contributed by atoms with Gasteiger partial charge in [-0.3, -0.25) is 0 Å². The van der Waals surface area contributed by atoms with Gasteiger partial charge in [-0.1, -0.05) is 0 Å². The highest BCUT2D eigenvalue weighted by Crippen LogP contribution is 2.29. The van der Waals surface area contributed by atoms with Crippen molar-refractivity contribution in [1.29, 1.82) is 0 Å². The van der Waals surface area contributed by atoms with Gasteiger partial charge in [0.15, 0.2) is 11.5 Å². The Balaban J connectivity index is 2.82. The van der Waals surface area contributed by atoms with E-state index in [1.165, 1.54) is 0 Å². The summed E-state index contributed by atoms with van der Waals surface area (Å²) in [7, 11) is 0. The summed E-state index contributed by atoms with van der Waals surface area (Å²) in [5.74, 6) is 1.76. The smallest absolute Gasteiger partial charge is 0.338 e. The number of carbonyl (C=O) groups excluding carboxylic acids is 1. The molecule has 0 fully saturated rings. The molecule has 0 atom stereocenters. The SMILES string of the molecule is CCOC(=O)c1ccc(OCCCCl)c(OCCCCl)c1. The summed E-state index contributed by atoms with van der Waals surface area (Å²) in [6.45, 7) is 3.05. The number of alkyl halides is 2. The van der Waals surface area contributed by atoms with Crippen molar-refractivity contribution < 1.29 is 19.0 Å². The average Bonchev–Trinajstić information content (AvgIpc) is 2.49. The molecule has 1 aromatic carbocycles. The van der Waals surface area contributed by atoms with Gasteiger partial charge >= 0.3 is 5.97 Å². The third-order valence-corrected chi connectivity index (χ3v) is 3.06. The lowest BCUT2D eigenvalue weighted by Crippen LogP contribution is -2.07. The Kier molecular flexibility index (Phi) is 9.02. The van der Waals surface area contributed by atoms with E-state index in [0.29, 0.717) is 55.1 Å². The van der Waals surface area contributed by atoms with E-state index in [9.17, 15) is 4.79 Å². The summed E-state index contributed by atoms with van der Waals surface area (Å²) in [6.07, 6.45) is 1.45. The number of benzene rings is 1. The molecule has 0 amide bonds. The van der Waals surface area contributed by atoms with Gasteiger partial charge in [-0.05, 0) is 38.0 Å². The van der Waals surface area contributed by atoms with E-state index in [0.717, 1.165) is 6.42 Å². The normalized spacial score (nSPS) is 10.2. The maximum atomic E-state index is 11.7. The number of ether oxygens (including phenoxy) is 3. The summed E-state index contributed by atoms with van der Waals surface area (Å²) in [5.41, 5.74) is 0.433. The molecule has 0 aromatic heterocycles. The van der Waals surface area contributed by atoms with Crippen LogP contribution in [0.25, 0.3) is 0 Å². The molecule has 4 nitrogen and oxygen atoms in total. The van der Waals surface area contributed by atoms with Crippen molar-refractivity contribution in [3.05, 3.63) is 23.8 Å². The van der Waals surface area contributed by atoms with Crippen LogP contribution in [-0.4, -0.2) is 37.5 Å². The van der Waals surface area contributed by atoms with Crippen LogP contribution < -0.4 is 9.47 Å². The third-order valence-electron chi connectivity index (χ3n) is 2.53. The third kappa shape index (κ3) is 6.44. The Morgan fingerprint density at radius 2 is 1.67 bits per heavy atom. The Morgan fingerprint density at radius 1 is 1.05 bits per heavy atom. The molecule has 0 heterocycles. The second-order valence-corrected chi connectivity index (χ2v) is 4.92. The molecular weight excluding hydrogens is 315 g/mol. The molecule has 0 bridgehead atoms. The summed E-state index contributed by atoms with van der Waals surface area (Å²) in [6, 6.07) is 4.99. The molecule has 0 unspecified atom stereocenters. The molecule has 0 aliphatic carbocycles. The average molecular weight is 335 g/mol. The first-order chi connectivity index (χ1) is 10.2. The van der Waals surface area contributed by atoms with Crippen LogP contribution in [0.4, 0.5) is 0 Å². The molecular formula is C15H20Cl2O4. The number of hydrogen-bond donors (Lipinski definition) is 0. The summed E-state index contributed by atoms with van der Waals surface area (Å²) >= 11 is 11.3. The maximum Gasteiger partial charge on any atom is 0.338 e. The number of rotatable bonds is 10. The van der Waals surface area contributed by atoms with Crippen molar-refractivity contribution in [2.24, 2.45) is 0 Å². The maximum absolute atomic E-state index is 11.7. The molecule has 0 aliphatic heterocycles. The number of carbonyl (C=O) groups is 1. The van der Waals surface area contributed by atoms with Crippen molar-refractivity contribution in [2.75, 3.05) is 31.6 Å². The highest BCUT2D eigenvalue weighted by atomic mass is 35.5. The largest absolute Gasteiger partial charge is 0.490 e. The van der Waals surface area contributed by atoms with Gasteiger partial charge in [0, 0.05) is 11.8 Å². The van der Waals surface area contributed by atoms with E-state index in [1.807, 2.05) is 0 Å². The van der Waals surface area contributed by atoms with Gasteiger partial charge in [-0.2, -0.15) is 0 Å². The fourth-order valence-electron chi connectivity index (χ4n) is 1.55. The van der Waals surface area contributed by atoms with Crippen molar-refractivity contribution in [3.8, 4) is 11.5 Å². The van der Waals surface area contributed by atoms with Crippen LogP contribution in [0.3, 0.4) is 0 Å². The van der Waals surface area contributed by atoms with Crippen LogP contribution in [0.15, 0.2) is 18.2 Å². The molecule has 0 saturated heterocycles. The standard InChI is InChI=1S/C15H20Cl2O4/c1-2-19-15(18)12-5-6-13(20-9-3-7-16)14(11-12)21-10-4-8-17/h5-6,11H,2-4,7-10H2,1H3. The number of hydrogen-bond acceptors (Lipinski definition) is 4. The van der Waals surface area contributed by atoms with Crippen LogP contribution in [0.2, 0.25) is 0 Å². The van der Waals surface area contributed by atoms with Gasteiger partial charge in [0.2, 0.25) is 0 Å². The van der Waals surface area contributed by atoms with Crippen molar-refractivity contribution in [3.63, 3.8) is 0 Å². The van der Waals surface area contributed by atoms with Crippen LogP contribution in [0.1, 0.15) is 30.1 Å². The lowest BCUT2D eigenvalue weighted by atomic mass is 10.2. The minimum absolute atomic E-state index is 0.329. The summed E-state index contributed by atoms with van der Waals surface area (Å²) in [5, 5.41) is 0. The monoisotopic (exact) mass is 334 g/mol. The highest BCUT2D eigenvalue weighted by Gasteiger charge is 2.12. The second kappa shape index (κ2) is 10.6. The van der Waals surface area contributed by atoms with Crippen molar-refractivity contribution >= 4 is 29.2 Å². The lowest BCUT2D eigenvalue weighted by Gasteiger charge is -2.13. The minimum Gasteiger partial charge on any atom is -0.490 e. The molecule has 118 valence electrons. The van der Waals surface area contributed by atoms with Gasteiger partial charge in [0.25, 0.3) is 0 Å². The summed E-state index contributed by atoms with van der Waals surface area (Å²) < 4.78 is 16.2. The topological polar surface area (TPSA) is 44.8 Å². The first-order valence-corrected chi connectivity index (χ1v) is 7.98. The lowest BCUT2D eigenvalue weighted by molar-refractivity contribution is 0.0525. The van der Waals surface area contributed by atoms with E-state index in [1.54, 1.807) is 25.1 Å². The van der Waals surface area contributed by atoms with Crippen LogP contribution in [0.5, 0.6) is 11.5 Å². The molecule has 0 spiro atoms. The fourth-order valence-corrected chi connectivity index (χ4v) is 1.77. The molecule has 1 aromatic rings. The van der Waals surface area contributed by atoms with Gasteiger partial charge in [0.05, 0.1) is 25.4 Å². The van der Waals surface area contributed by atoms with E-state index in [-0.39, 0.29) is 5.97 Å². The van der Waals surface area contributed by atoms with Gasteiger partial charge < -0.3 is 14.2 Å². The number of esters is 1. The zero-order valence-electron chi connectivity index (χ0n) is 12.1. The van der Waals surface area contributed by atoms with Gasteiger partial charge in [-0.15, -0.1) is 23.2 Å². The minimum atomic E-state index is -0.382. The molecule has 0 saturated carbocycles. The predicted molar refractivity (Wildman–Crippen MR) is 84.1 cm³/mol. The molecule has 0 N–H and O–H groups in total. The Hall–Kier alpha value is -1.13. The van der Waals surface area contributed by atoms with Crippen molar-refractivity contribution in [1.82, 2.24) is 0 Å². The molecule has 0 aliphatic rings. The van der Waals surface area contributed by atoms with E-state index in [2.05, 4.69) is 0 Å². The highest BCUT2D eigenvalue weighted by molar-refractivity contribution is 6.18. The predicted octanol–water partition coefficient (Wildman–Crippen LogP) is 3.88. The van der Waals surface area contributed by atoms with Crippen molar-refractivity contribution in [2.45, 2.75) is 19.8 Å². The van der Waals surface area contributed by atoms with Crippen LogP contribution in [-0.2, 0) is 4.74 Å². The Labute approximate surface area is 135 Å². The van der Waals surface area contributed by atoms with Gasteiger partial charge in [0.1, 0.15) is 0 Å². The number of halogens is 2. The molecule has 1 rings (SSSR count). The second-order valence-electron chi connectivity index (χ2n) is 4.16. The summed E-state index contributed by atoms with van der Waals surface area (Å²) in [4.78, 5) is 11.7. The van der Waals surface area contributed by atoms with Gasteiger partial charge in [-0.25, -0.2) is 4.79 Å². The zero-order valence-corrected chi connectivity index (χ0v) is 13.6. The van der Waals surface area contributed by atoms with E-state index >= 15 is 0 Å². The van der Waals surface area contributed by atoms with Crippen LogP contribution in [0, 0.1) is 0 Å². The zero-order chi connectivity index (χ0) is 15.5. The molecule has 0 radical (unpaired) electrons. The fraction of sp³-hybridized carbons (Fsp3) is 0.533. The quantitative estimate of drug-likeness (QED) is 0.370.